The SMILES string of the molecule is CSc1ccc(S(=O)(=O)N(C)CC(=O)N[C@@H](C)c2ccccc2)cc1. The quantitative estimate of drug-likeness (QED) is 0.753. The van der Waals surface area contributed by atoms with Gasteiger partial charge in [-0.05, 0) is 43.0 Å². The van der Waals surface area contributed by atoms with Crippen molar-refractivity contribution < 1.29 is 13.2 Å². The summed E-state index contributed by atoms with van der Waals surface area (Å²) in [6, 6.07) is 16.0. The van der Waals surface area contributed by atoms with Gasteiger partial charge < -0.3 is 5.32 Å². The summed E-state index contributed by atoms with van der Waals surface area (Å²) in [6.07, 6.45) is 1.92. The molecule has 2 aromatic carbocycles. The molecule has 2 rings (SSSR count). The van der Waals surface area contributed by atoms with E-state index in [2.05, 4.69) is 5.32 Å². The maximum atomic E-state index is 12.6. The van der Waals surface area contributed by atoms with Gasteiger partial charge in [0.15, 0.2) is 0 Å². The summed E-state index contributed by atoms with van der Waals surface area (Å²) in [6.45, 7) is 1.63. The zero-order chi connectivity index (χ0) is 18.4. The third kappa shape index (κ3) is 5.07. The minimum atomic E-state index is -3.70. The molecule has 2 aromatic rings. The fraction of sp³-hybridized carbons (Fsp3) is 0.278. The molecule has 0 unspecified atom stereocenters. The molecule has 0 fully saturated rings. The van der Waals surface area contributed by atoms with Crippen LogP contribution in [0.1, 0.15) is 18.5 Å². The van der Waals surface area contributed by atoms with Crippen LogP contribution in [0.4, 0.5) is 0 Å². The van der Waals surface area contributed by atoms with E-state index in [1.54, 1.807) is 24.3 Å². The first-order valence-electron chi connectivity index (χ1n) is 7.79. The van der Waals surface area contributed by atoms with Crippen LogP contribution < -0.4 is 5.32 Å². The maximum Gasteiger partial charge on any atom is 0.243 e. The predicted molar refractivity (Wildman–Crippen MR) is 101 cm³/mol. The van der Waals surface area contributed by atoms with Gasteiger partial charge in [0, 0.05) is 11.9 Å². The normalized spacial score (nSPS) is 12.8. The summed E-state index contributed by atoms with van der Waals surface area (Å²) in [5, 5.41) is 2.82. The lowest BCUT2D eigenvalue weighted by Crippen LogP contribution is -2.39. The average molecular weight is 379 g/mol. The fourth-order valence-electron chi connectivity index (χ4n) is 2.33. The third-order valence-electron chi connectivity index (χ3n) is 3.81. The van der Waals surface area contributed by atoms with Crippen LogP contribution in [0.25, 0.3) is 0 Å². The number of amides is 1. The highest BCUT2D eigenvalue weighted by Crippen LogP contribution is 2.20. The number of rotatable bonds is 7. The van der Waals surface area contributed by atoms with E-state index in [4.69, 9.17) is 0 Å². The Bertz CT molecular complexity index is 806. The van der Waals surface area contributed by atoms with E-state index >= 15 is 0 Å². The second-order valence-electron chi connectivity index (χ2n) is 5.64. The van der Waals surface area contributed by atoms with Gasteiger partial charge in [0.2, 0.25) is 15.9 Å². The van der Waals surface area contributed by atoms with Gasteiger partial charge in [-0.15, -0.1) is 11.8 Å². The Kier molecular flexibility index (Phi) is 6.64. The summed E-state index contributed by atoms with van der Waals surface area (Å²) in [5.41, 5.74) is 0.967. The molecule has 1 amide bonds. The Morgan fingerprint density at radius 2 is 1.72 bits per heavy atom. The molecule has 0 aliphatic rings. The Morgan fingerprint density at radius 3 is 2.28 bits per heavy atom. The Hall–Kier alpha value is -1.83. The molecule has 0 aliphatic carbocycles. The second kappa shape index (κ2) is 8.51. The van der Waals surface area contributed by atoms with Crippen molar-refractivity contribution in [2.24, 2.45) is 0 Å². The van der Waals surface area contributed by atoms with Gasteiger partial charge in [0.1, 0.15) is 0 Å². The van der Waals surface area contributed by atoms with Crippen LogP contribution in [0.5, 0.6) is 0 Å². The van der Waals surface area contributed by atoms with E-state index in [0.29, 0.717) is 0 Å². The van der Waals surface area contributed by atoms with Gasteiger partial charge in [-0.1, -0.05) is 30.3 Å². The van der Waals surface area contributed by atoms with Crippen LogP contribution in [0, 0.1) is 0 Å². The van der Waals surface area contributed by atoms with Crippen molar-refractivity contribution in [3.05, 3.63) is 60.2 Å². The highest BCUT2D eigenvalue weighted by atomic mass is 32.2. The molecule has 0 bridgehead atoms. The molecule has 5 nitrogen and oxygen atoms in total. The lowest BCUT2D eigenvalue weighted by Gasteiger charge is -2.19. The molecule has 0 saturated heterocycles. The standard InChI is InChI=1S/C18H22N2O3S2/c1-14(15-7-5-4-6-8-15)19-18(21)13-20(2)25(22,23)17-11-9-16(24-3)10-12-17/h4-12,14H,13H2,1-3H3,(H,19,21)/t14-/m0/s1. The molecular formula is C18H22N2O3S2. The number of hydrogen-bond donors (Lipinski definition) is 1. The van der Waals surface area contributed by atoms with Crippen molar-refractivity contribution >= 4 is 27.7 Å². The summed E-state index contributed by atoms with van der Waals surface area (Å²) in [4.78, 5) is 13.4. The van der Waals surface area contributed by atoms with Crippen molar-refractivity contribution in [2.75, 3.05) is 19.8 Å². The summed E-state index contributed by atoms with van der Waals surface area (Å²) in [5.74, 6) is -0.344. The molecule has 0 heterocycles. The zero-order valence-electron chi connectivity index (χ0n) is 14.5. The van der Waals surface area contributed by atoms with Crippen LogP contribution in [0.2, 0.25) is 0 Å². The predicted octanol–water partition coefficient (Wildman–Crippen LogP) is 2.91. The number of carbonyl (C=O) groups is 1. The summed E-state index contributed by atoms with van der Waals surface area (Å²) in [7, 11) is -2.29. The van der Waals surface area contributed by atoms with Crippen molar-refractivity contribution in [2.45, 2.75) is 22.8 Å². The largest absolute Gasteiger partial charge is 0.348 e. The lowest BCUT2D eigenvalue weighted by atomic mass is 10.1. The topological polar surface area (TPSA) is 66.5 Å². The van der Waals surface area contributed by atoms with Gasteiger partial charge in [-0.25, -0.2) is 8.42 Å². The second-order valence-corrected chi connectivity index (χ2v) is 8.56. The first kappa shape index (κ1) is 19.5. The molecule has 0 saturated carbocycles. The van der Waals surface area contributed by atoms with E-state index in [1.807, 2.05) is 43.5 Å². The molecule has 25 heavy (non-hydrogen) atoms. The number of nitrogens with zero attached hydrogens (tertiary/aromatic N) is 1. The minimum absolute atomic E-state index is 0.178. The van der Waals surface area contributed by atoms with Gasteiger partial charge >= 0.3 is 0 Å². The number of thioether (sulfide) groups is 1. The van der Waals surface area contributed by atoms with Crippen molar-refractivity contribution in [1.29, 1.82) is 0 Å². The Balaban J connectivity index is 2.01. The minimum Gasteiger partial charge on any atom is -0.348 e. The fourth-order valence-corrected chi connectivity index (χ4v) is 3.86. The van der Waals surface area contributed by atoms with E-state index in [0.717, 1.165) is 14.8 Å². The van der Waals surface area contributed by atoms with Crippen LogP contribution in [-0.2, 0) is 14.8 Å². The van der Waals surface area contributed by atoms with Gasteiger partial charge in [-0.3, -0.25) is 4.79 Å². The van der Waals surface area contributed by atoms with Crippen molar-refractivity contribution in [3.8, 4) is 0 Å². The van der Waals surface area contributed by atoms with Gasteiger partial charge in [-0.2, -0.15) is 4.31 Å². The molecule has 0 aromatic heterocycles. The van der Waals surface area contributed by atoms with E-state index in [9.17, 15) is 13.2 Å². The summed E-state index contributed by atoms with van der Waals surface area (Å²) >= 11 is 1.54. The van der Waals surface area contributed by atoms with Gasteiger partial charge in [0.05, 0.1) is 17.5 Å². The maximum absolute atomic E-state index is 12.6. The lowest BCUT2D eigenvalue weighted by molar-refractivity contribution is -0.121. The number of benzene rings is 2. The van der Waals surface area contributed by atoms with Crippen LogP contribution >= 0.6 is 11.8 Å². The number of hydrogen-bond acceptors (Lipinski definition) is 4. The van der Waals surface area contributed by atoms with E-state index in [-0.39, 0.29) is 23.4 Å². The average Bonchev–Trinajstić information content (AvgIpc) is 2.62. The van der Waals surface area contributed by atoms with Crippen LogP contribution in [0.3, 0.4) is 0 Å². The molecule has 7 heteroatoms. The van der Waals surface area contributed by atoms with E-state index in [1.165, 1.54) is 18.8 Å². The number of likely N-dealkylation sites (N-methyl/N-ethyl adjacent to an activating group) is 1. The molecule has 1 N–H and O–H groups in total. The third-order valence-corrected chi connectivity index (χ3v) is 6.37. The number of carbonyl (C=O) groups excluding carboxylic acids is 1. The Labute approximate surface area is 153 Å². The molecule has 1 atom stereocenters. The highest BCUT2D eigenvalue weighted by molar-refractivity contribution is 7.98. The van der Waals surface area contributed by atoms with Gasteiger partial charge in [0.25, 0.3) is 0 Å². The van der Waals surface area contributed by atoms with Crippen LogP contribution in [0.15, 0.2) is 64.4 Å². The first-order chi connectivity index (χ1) is 11.8. The number of nitrogens with one attached hydrogen (secondary N) is 1. The monoisotopic (exact) mass is 378 g/mol. The molecule has 0 radical (unpaired) electrons. The molecular weight excluding hydrogens is 356 g/mol. The van der Waals surface area contributed by atoms with E-state index < -0.39 is 10.0 Å². The molecule has 0 spiro atoms. The summed E-state index contributed by atoms with van der Waals surface area (Å²) < 4.78 is 26.2. The van der Waals surface area contributed by atoms with Crippen molar-refractivity contribution in [1.82, 2.24) is 9.62 Å². The molecule has 134 valence electrons. The van der Waals surface area contributed by atoms with Crippen molar-refractivity contribution in [3.63, 3.8) is 0 Å². The molecule has 0 aliphatic heterocycles. The van der Waals surface area contributed by atoms with Crippen LogP contribution in [-0.4, -0.2) is 38.5 Å². The first-order valence-corrected chi connectivity index (χ1v) is 10.5. The highest BCUT2D eigenvalue weighted by Gasteiger charge is 2.23. The number of sulfonamides is 1. The Morgan fingerprint density at radius 1 is 1.12 bits per heavy atom. The smallest absolute Gasteiger partial charge is 0.243 e. The zero-order valence-corrected chi connectivity index (χ0v) is 16.1.